The van der Waals surface area contributed by atoms with Gasteiger partial charge in [-0.3, -0.25) is 4.79 Å². The molecule has 1 aromatic rings. The summed E-state index contributed by atoms with van der Waals surface area (Å²) in [7, 11) is 0. The number of unbranched alkanes of at least 4 members (excludes halogenated alkanes) is 6. The van der Waals surface area contributed by atoms with Crippen molar-refractivity contribution >= 4 is 17.6 Å². The second kappa shape index (κ2) is 10.2. The van der Waals surface area contributed by atoms with E-state index < -0.39 is 0 Å². The molecule has 0 unspecified atom stereocenters. The van der Waals surface area contributed by atoms with Gasteiger partial charge in [0.1, 0.15) is 0 Å². The van der Waals surface area contributed by atoms with E-state index in [1.165, 1.54) is 68.2 Å². The van der Waals surface area contributed by atoms with Crippen LogP contribution in [0.5, 0.6) is 0 Å². The summed E-state index contributed by atoms with van der Waals surface area (Å²) in [6.07, 6.45) is 13.7. The molecule has 1 heterocycles. The predicted octanol–water partition coefficient (Wildman–Crippen LogP) is 5.81. The first kappa shape index (κ1) is 16.4. The van der Waals surface area contributed by atoms with Crippen LogP contribution in [0.25, 0.3) is 0 Å². The van der Waals surface area contributed by atoms with E-state index in [-0.39, 0.29) is 0 Å². The molecule has 1 nitrogen and oxygen atoms in total. The van der Waals surface area contributed by atoms with Gasteiger partial charge in [0.05, 0.1) is 4.88 Å². The lowest BCUT2D eigenvalue weighted by Gasteiger charge is -2.04. The molecule has 0 radical (unpaired) electrons. The molecule has 0 aliphatic heterocycles. The topological polar surface area (TPSA) is 17.1 Å². The van der Waals surface area contributed by atoms with Crippen molar-refractivity contribution in [3.8, 4) is 0 Å². The summed E-state index contributed by atoms with van der Waals surface area (Å²) in [5.74, 6) is 0. The number of hydrogen-bond donors (Lipinski definition) is 0. The van der Waals surface area contributed by atoms with Crippen molar-refractivity contribution in [2.75, 3.05) is 0 Å². The highest BCUT2D eigenvalue weighted by Gasteiger charge is 2.08. The fourth-order valence-corrected chi connectivity index (χ4v) is 3.50. The summed E-state index contributed by atoms with van der Waals surface area (Å²) < 4.78 is 0. The molecule has 0 bridgehead atoms. The van der Waals surface area contributed by atoms with E-state index in [1.54, 1.807) is 11.3 Å². The van der Waals surface area contributed by atoms with Crippen molar-refractivity contribution in [2.45, 2.75) is 78.1 Å². The zero-order valence-corrected chi connectivity index (χ0v) is 13.4. The van der Waals surface area contributed by atoms with Crippen LogP contribution in [0.15, 0.2) is 6.07 Å². The van der Waals surface area contributed by atoms with Gasteiger partial charge in [-0.05, 0) is 37.3 Å². The molecule has 0 saturated heterocycles. The molecule has 0 saturated carbocycles. The highest BCUT2D eigenvalue weighted by molar-refractivity contribution is 7.13. The van der Waals surface area contributed by atoms with Gasteiger partial charge in [0.15, 0.2) is 6.29 Å². The quantitative estimate of drug-likeness (QED) is 0.369. The lowest BCUT2D eigenvalue weighted by atomic mass is 10.0. The zero-order valence-electron chi connectivity index (χ0n) is 12.5. The molecule has 0 aliphatic carbocycles. The molecule has 0 spiro atoms. The molecule has 2 heteroatoms. The van der Waals surface area contributed by atoms with Gasteiger partial charge < -0.3 is 0 Å². The van der Waals surface area contributed by atoms with Gasteiger partial charge >= 0.3 is 0 Å². The van der Waals surface area contributed by atoms with E-state index >= 15 is 0 Å². The maximum absolute atomic E-state index is 10.9. The minimum absolute atomic E-state index is 0.913. The fourth-order valence-electron chi connectivity index (χ4n) is 2.43. The first-order valence-corrected chi connectivity index (χ1v) is 8.70. The summed E-state index contributed by atoms with van der Waals surface area (Å²) in [6.45, 7) is 4.49. The smallest absolute Gasteiger partial charge is 0.160 e. The van der Waals surface area contributed by atoms with Crippen molar-refractivity contribution in [3.63, 3.8) is 0 Å². The Kier molecular flexibility index (Phi) is 8.81. The van der Waals surface area contributed by atoms with Crippen molar-refractivity contribution in [1.82, 2.24) is 0 Å². The fraction of sp³-hybridized carbons (Fsp3) is 0.706. The van der Waals surface area contributed by atoms with E-state index in [0.717, 1.165) is 17.6 Å². The van der Waals surface area contributed by atoms with Crippen molar-refractivity contribution in [3.05, 3.63) is 21.4 Å². The summed E-state index contributed by atoms with van der Waals surface area (Å²) >= 11 is 1.71. The van der Waals surface area contributed by atoms with Gasteiger partial charge in [0, 0.05) is 4.88 Å². The number of thiophene rings is 1. The molecule has 0 N–H and O–H groups in total. The lowest BCUT2D eigenvalue weighted by molar-refractivity contribution is 0.112. The molecule has 19 heavy (non-hydrogen) atoms. The monoisotopic (exact) mass is 280 g/mol. The Labute approximate surface area is 122 Å². The standard InChI is InChI=1S/C17H28OS/c1-3-5-7-9-11-15-13-16(14-18)19-17(15)12-10-8-6-4-2/h13-14H,3-12H2,1-2H3. The Morgan fingerprint density at radius 3 is 2.16 bits per heavy atom. The maximum Gasteiger partial charge on any atom is 0.160 e. The third-order valence-corrected chi connectivity index (χ3v) is 4.75. The predicted molar refractivity (Wildman–Crippen MR) is 85.4 cm³/mol. The average molecular weight is 280 g/mol. The molecule has 0 fully saturated rings. The lowest BCUT2D eigenvalue weighted by Crippen LogP contribution is -1.90. The molecular weight excluding hydrogens is 252 g/mol. The van der Waals surface area contributed by atoms with Crippen molar-refractivity contribution < 1.29 is 4.79 Å². The summed E-state index contributed by atoms with van der Waals surface area (Å²) in [6, 6.07) is 2.12. The van der Waals surface area contributed by atoms with E-state index in [9.17, 15) is 4.79 Å². The molecule has 0 aliphatic rings. The molecule has 1 aromatic heterocycles. The minimum atomic E-state index is 0.913. The molecule has 0 atom stereocenters. The van der Waals surface area contributed by atoms with Crippen LogP contribution in [-0.4, -0.2) is 6.29 Å². The highest BCUT2D eigenvalue weighted by Crippen LogP contribution is 2.25. The van der Waals surface area contributed by atoms with Crippen LogP contribution >= 0.6 is 11.3 Å². The molecule has 1 rings (SSSR count). The minimum Gasteiger partial charge on any atom is -0.297 e. The van der Waals surface area contributed by atoms with Crippen LogP contribution in [-0.2, 0) is 12.8 Å². The number of carbonyl (C=O) groups is 1. The second-order valence-corrected chi connectivity index (χ2v) is 6.50. The first-order chi connectivity index (χ1) is 9.31. The largest absolute Gasteiger partial charge is 0.297 e. The summed E-state index contributed by atoms with van der Waals surface area (Å²) in [5, 5.41) is 0. The van der Waals surface area contributed by atoms with Gasteiger partial charge in [-0.15, -0.1) is 11.3 Å². The number of hydrogen-bond acceptors (Lipinski definition) is 2. The summed E-state index contributed by atoms with van der Waals surface area (Å²) in [4.78, 5) is 13.3. The number of aldehydes is 1. The molecule has 0 amide bonds. The Hall–Kier alpha value is -0.630. The van der Waals surface area contributed by atoms with Crippen molar-refractivity contribution in [2.24, 2.45) is 0 Å². The van der Waals surface area contributed by atoms with E-state index in [2.05, 4.69) is 19.9 Å². The summed E-state index contributed by atoms with van der Waals surface area (Å²) in [5.41, 5.74) is 1.44. The normalized spacial score (nSPS) is 10.8. The number of aryl methyl sites for hydroxylation is 2. The SMILES string of the molecule is CCCCCCc1cc(C=O)sc1CCCCCC. The molecule has 108 valence electrons. The number of rotatable bonds is 11. The van der Waals surface area contributed by atoms with Crippen LogP contribution < -0.4 is 0 Å². The Morgan fingerprint density at radius 1 is 0.947 bits per heavy atom. The first-order valence-electron chi connectivity index (χ1n) is 7.88. The Morgan fingerprint density at radius 2 is 1.58 bits per heavy atom. The molecular formula is C17H28OS. The second-order valence-electron chi connectivity index (χ2n) is 5.34. The number of carbonyl (C=O) groups excluding carboxylic acids is 1. The van der Waals surface area contributed by atoms with E-state index in [0.29, 0.717) is 0 Å². The van der Waals surface area contributed by atoms with Gasteiger partial charge in [-0.2, -0.15) is 0 Å². The molecule has 0 aromatic carbocycles. The van der Waals surface area contributed by atoms with Crippen LogP contribution in [0, 0.1) is 0 Å². The maximum atomic E-state index is 10.9. The van der Waals surface area contributed by atoms with Gasteiger partial charge in [-0.1, -0.05) is 52.4 Å². The van der Waals surface area contributed by atoms with Crippen molar-refractivity contribution in [1.29, 1.82) is 0 Å². The van der Waals surface area contributed by atoms with Crippen LogP contribution in [0.3, 0.4) is 0 Å². The van der Waals surface area contributed by atoms with Crippen LogP contribution in [0.1, 0.15) is 85.3 Å². The van der Waals surface area contributed by atoms with Gasteiger partial charge in [0.2, 0.25) is 0 Å². The zero-order chi connectivity index (χ0) is 13.9. The van der Waals surface area contributed by atoms with E-state index in [4.69, 9.17) is 0 Å². The van der Waals surface area contributed by atoms with Crippen LogP contribution in [0.2, 0.25) is 0 Å². The average Bonchev–Trinajstić information content (AvgIpc) is 2.82. The third-order valence-electron chi connectivity index (χ3n) is 3.59. The highest BCUT2D eigenvalue weighted by atomic mass is 32.1. The Balaban J connectivity index is 2.46. The van der Waals surface area contributed by atoms with Crippen LogP contribution in [0.4, 0.5) is 0 Å². The van der Waals surface area contributed by atoms with Gasteiger partial charge in [0.25, 0.3) is 0 Å². The van der Waals surface area contributed by atoms with E-state index in [1.807, 2.05) is 0 Å². The Bertz CT molecular complexity index is 325. The van der Waals surface area contributed by atoms with Gasteiger partial charge in [-0.25, -0.2) is 0 Å². The third kappa shape index (κ3) is 6.38.